The van der Waals surface area contributed by atoms with Crippen molar-refractivity contribution in [2.24, 2.45) is 0 Å². The topological polar surface area (TPSA) is 56.6 Å². The van der Waals surface area contributed by atoms with Gasteiger partial charge in [-0.1, -0.05) is 0 Å². The number of benzene rings is 2. The Morgan fingerprint density at radius 2 is 1.79 bits per heavy atom. The Balaban J connectivity index is 1.82. The summed E-state index contributed by atoms with van der Waals surface area (Å²) in [7, 11) is 3.19. The monoisotopic (exact) mass is 397 g/mol. The van der Waals surface area contributed by atoms with E-state index in [4.69, 9.17) is 14.5 Å². The highest BCUT2D eigenvalue weighted by molar-refractivity contribution is 5.81. The third kappa shape index (κ3) is 3.52. The molecule has 6 nitrogen and oxygen atoms in total. The highest BCUT2D eigenvalue weighted by Gasteiger charge is 2.26. The number of nitrogens with zero attached hydrogens (tertiary/aromatic N) is 3. The molecule has 0 saturated carbocycles. The molecule has 0 aliphatic carbocycles. The highest BCUT2D eigenvalue weighted by Crippen LogP contribution is 2.37. The molecule has 1 saturated heterocycles. The third-order valence-corrected chi connectivity index (χ3v) is 5.57. The minimum atomic E-state index is -0.313. The van der Waals surface area contributed by atoms with Crippen LogP contribution in [0.1, 0.15) is 25.8 Å². The minimum absolute atomic E-state index is 0.0983. The SMILES string of the molecule is COc1ccc(-c2nc3cc(F)ccc3n2C2CCN(C(C)=O)CC2)cc1OC. The lowest BCUT2D eigenvalue weighted by atomic mass is 10.0. The van der Waals surface area contributed by atoms with Gasteiger partial charge in [0.25, 0.3) is 0 Å². The molecule has 1 aliphatic heterocycles. The van der Waals surface area contributed by atoms with E-state index in [0.717, 1.165) is 29.7 Å². The summed E-state index contributed by atoms with van der Waals surface area (Å²) in [5, 5.41) is 0. The number of rotatable bonds is 4. The van der Waals surface area contributed by atoms with Crippen LogP contribution in [0.5, 0.6) is 11.5 Å². The molecular weight excluding hydrogens is 373 g/mol. The zero-order valence-electron chi connectivity index (χ0n) is 16.8. The van der Waals surface area contributed by atoms with Crippen LogP contribution in [0.4, 0.5) is 4.39 Å². The fourth-order valence-corrected chi connectivity index (χ4v) is 4.06. The number of carbonyl (C=O) groups excluding carboxylic acids is 1. The van der Waals surface area contributed by atoms with Gasteiger partial charge in [0, 0.05) is 37.7 Å². The summed E-state index contributed by atoms with van der Waals surface area (Å²) in [6, 6.07) is 10.5. The number of ether oxygens (including phenoxy) is 2. The summed E-state index contributed by atoms with van der Waals surface area (Å²) in [4.78, 5) is 18.3. The number of carbonyl (C=O) groups is 1. The predicted octanol–water partition coefficient (Wildman–Crippen LogP) is 4.04. The standard InChI is InChI=1S/C22H24FN3O3/c1-14(27)25-10-8-17(9-11-25)26-19-6-5-16(23)13-18(19)24-22(26)15-4-7-20(28-2)21(12-15)29-3/h4-7,12-13,17H,8-11H2,1-3H3. The van der Waals surface area contributed by atoms with Gasteiger partial charge in [0.15, 0.2) is 11.5 Å². The van der Waals surface area contributed by atoms with Gasteiger partial charge in [0.05, 0.1) is 25.3 Å². The van der Waals surface area contributed by atoms with Crippen molar-refractivity contribution in [3.63, 3.8) is 0 Å². The highest BCUT2D eigenvalue weighted by atomic mass is 19.1. The lowest BCUT2D eigenvalue weighted by Gasteiger charge is -2.33. The molecule has 152 valence electrons. The molecule has 1 amide bonds. The zero-order chi connectivity index (χ0) is 20.5. The van der Waals surface area contributed by atoms with Crippen LogP contribution in [0.15, 0.2) is 36.4 Å². The van der Waals surface area contributed by atoms with Crippen molar-refractivity contribution in [1.29, 1.82) is 0 Å². The maximum absolute atomic E-state index is 13.8. The number of halogens is 1. The molecule has 7 heteroatoms. The molecule has 1 fully saturated rings. The Morgan fingerprint density at radius 3 is 2.45 bits per heavy atom. The summed E-state index contributed by atoms with van der Waals surface area (Å²) in [5.74, 6) is 1.79. The number of piperidine rings is 1. The number of imidazole rings is 1. The Bertz CT molecular complexity index is 1050. The summed E-state index contributed by atoms with van der Waals surface area (Å²) >= 11 is 0. The first kappa shape index (κ1) is 19.2. The predicted molar refractivity (Wildman–Crippen MR) is 109 cm³/mol. The maximum atomic E-state index is 13.8. The number of methoxy groups -OCH3 is 2. The molecular formula is C22H24FN3O3. The van der Waals surface area contributed by atoms with Crippen LogP contribution >= 0.6 is 0 Å². The van der Waals surface area contributed by atoms with E-state index in [1.165, 1.54) is 12.1 Å². The van der Waals surface area contributed by atoms with E-state index in [1.807, 2.05) is 23.1 Å². The first-order chi connectivity index (χ1) is 14.0. The van der Waals surface area contributed by atoms with E-state index in [2.05, 4.69) is 4.57 Å². The zero-order valence-corrected chi connectivity index (χ0v) is 16.8. The van der Waals surface area contributed by atoms with Crippen LogP contribution in [0, 0.1) is 5.82 Å². The number of aromatic nitrogens is 2. The molecule has 29 heavy (non-hydrogen) atoms. The van der Waals surface area contributed by atoms with Crippen molar-refractivity contribution in [2.45, 2.75) is 25.8 Å². The molecule has 0 N–H and O–H groups in total. The van der Waals surface area contributed by atoms with Gasteiger partial charge in [0.2, 0.25) is 5.91 Å². The largest absolute Gasteiger partial charge is 0.493 e. The van der Waals surface area contributed by atoms with Crippen LogP contribution in [-0.4, -0.2) is 47.7 Å². The second-order valence-corrected chi connectivity index (χ2v) is 7.25. The van der Waals surface area contributed by atoms with Crippen molar-refractivity contribution in [3.05, 3.63) is 42.2 Å². The van der Waals surface area contributed by atoms with Crippen molar-refractivity contribution in [3.8, 4) is 22.9 Å². The van der Waals surface area contributed by atoms with Gasteiger partial charge in [-0.2, -0.15) is 0 Å². The van der Waals surface area contributed by atoms with Gasteiger partial charge in [-0.3, -0.25) is 4.79 Å². The molecule has 1 aromatic heterocycles. The molecule has 0 spiro atoms. The fourth-order valence-electron chi connectivity index (χ4n) is 4.06. The number of hydrogen-bond donors (Lipinski definition) is 0. The lowest BCUT2D eigenvalue weighted by Crippen LogP contribution is -2.37. The average Bonchev–Trinajstić information content (AvgIpc) is 3.11. The van der Waals surface area contributed by atoms with Gasteiger partial charge < -0.3 is 18.9 Å². The van der Waals surface area contributed by atoms with Crippen LogP contribution in [0.3, 0.4) is 0 Å². The van der Waals surface area contributed by atoms with E-state index < -0.39 is 0 Å². The first-order valence-electron chi connectivity index (χ1n) is 9.67. The summed E-state index contributed by atoms with van der Waals surface area (Å²) in [6.45, 7) is 3.00. The fraction of sp³-hybridized carbons (Fsp3) is 0.364. The Kier molecular flexibility index (Phi) is 5.13. The summed E-state index contributed by atoms with van der Waals surface area (Å²) < 4.78 is 26.8. The lowest BCUT2D eigenvalue weighted by molar-refractivity contribution is -0.130. The van der Waals surface area contributed by atoms with Gasteiger partial charge in [-0.25, -0.2) is 9.37 Å². The molecule has 0 atom stereocenters. The smallest absolute Gasteiger partial charge is 0.219 e. The molecule has 0 unspecified atom stereocenters. The van der Waals surface area contributed by atoms with E-state index in [9.17, 15) is 9.18 Å². The summed E-state index contributed by atoms with van der Waals surface area (Å²) in [5.41, 5.74) is 2.37. The molecule has 0 bridgehead atoms. The number of likely N-dealkylation sites (tertiary alicyclic amines) is 1. The molecule has 3 aromatic rings. The molecule has 2 aromatic carbocycles. The van der Waals surface area contributed by atoms with E-state index in [1.54, 1.807) is 27.2 Å². The van der Waals surface area contributed by atoms with E-state index >= 15 is 0 Å². The molecule has 4 rings (SSSR count). The number of amides is 1. The van der Waals surface area contributed by atoms with Gasteiger partial charge in [-0.15, -0.1) is 0 Å². The van der Waals surface area contributed by atoms with Crippen LogP contribution in [0.25, 0.3) is 22.4 Å². The molecule has 0 radical (unpaired) electrons. The van der Waals surface area contributed by atoms with Crippen molar-refractivity contribution >= 4 is 16.9 Å². The minimum Gasteiger partial charge on any atom is -0.493 e. The van der Waals surface area contributed by atoms with Crippen LogP contribution in [0.2, 0.25) is 0 Å². The van der Waals surface area contributed by atoms with Crippen LogP contribution in [-0.2, 0) is 4.79 Å². The van der Waals surface area contributed by atoms with Crippen molar-refractivity contribution in [1.82, 2.24) is 14.5 Å². The first-order valence-corrected chi connectivity index (χ1v) is 9.67. The number of fused-ring (bicyclic) bond motifs is 1. The van der Waals surface area contributed by atoms with Crippen LogP contribution < -0.4 is 9.47 Å². The molecule has 1 aliphatic rings. The summed E-state index contributed by atoms with van der Waals surface area (Å²) in [6.07, 6.45) is 1.64. The van der Waals surface area contributed by atoms with E-state index in [-0.39, 0.29) is 17.8 Å². The maximum Gasteiger partial charge on any atom is 0.219 e. The Hall–Kier alpha value is -3.09. The normalized spacial score (nSPS) is 15.0. The average molecular weight is 397 g/mol. The van der Waals surface area contributed by atoms with E-state index in [0.29, 0.717) is 30.1 Å². The quantitative estimate of drug-likeness (QED) is 0.667. The Labute approximate surface area is 168 Å². The van der Waals surface area contributed by atoms with Gasteiger partial charge in [-0.05, 0) is 43.2 Å². The third-order valence-electron chi connectivity index (χ3n) is 5.57. The Morgan fingerprint density at radius 1 is 1.07 bits per heavy atom. The second-order valence-electron chi connectivity index (χ2n) is 7.25. The second kappa shape index (κ2) is 7.73. The van der Waals surface area contributed by atoms with Crippen molar-refractivity contribution < 1.29 is 18.7 Å². The van der Waals surface area contributed by atoms with Crippen molar-refractivity contribution in [2.75, 3.05) is 27.3 Å². The molecule has 2 heterocycles. The number of hydrogen-bond acceptors (Lipinski definition) is 4. The van der Waals surface area contributed by atoms with Gasteiger partial charge in [0.1, 0.15) is 11.6 Å². The van der Waals surface area contributed by atoms with Gasteiger partial charge >= 0.3 is 0 Å².